The Morgan fingerprint density at radius 1 is 1.53 bits per heavy atom. The summed E-state index contributed by atoms with van der Waals surface area (Å²) in [4.78, 5) is 11.6. The van der Waals surface area contributed by atoms with Gasteiger partial charge in [0.15, 0.2) is 12.2 Å². The molecule has 0 radical (unpaired) electrons. The molecule has 90 valence electrons. The molecule has 0 spiro atoms. The number of carbonyl (C=O) groups is 1. The molecule has 0 bridgehead atoms. The molecule has 0 aliphatic carbocycles. The molecule has 17 heavy (non-hydrogen) atoms. The zero-order valence-electron chi connectivity index (χ0n) is 9.88. The van der Waals surface area contributed by atoms with Crippen LogP contribution in [0.3, 0.4) is 0 Å². The topological polar surface area (TPSA) is 70.3 Å². The summed E-state index contributed by atoms with van der Waals surface area (Å²) in [5, 5.41) is 18.5. The standard InChI is InChI=1S/C13H15NO3/c1-10(11-6-4-3-5-7-11)13(2,16)12(15)17-9-8-14/h3-7,10,16H,9H2,1-2H3/t10-,13-/m0/s1. The van der Waals surface area contributed by atoms with Gasteiger partial charge >= 0.3 is 5.97 Å². The number of carbonyl (C=O) groups excluding carboxylic acids is 1. The van der Waals surface area contributed by atoms with Crippen LogP contribution in [0.2, 0.25) is 0 Å². The maximum Gasteiger partial charge on any atom is 0.339 e. The first-order valence-electron chi connectivity index (χ1n) is 5.31. The molecule has 0 saturated carbocycles. The van der Waals surface area contributed by atoms with E-state index >= 15 is 0 Å². The minimum absolute atomic E-state index is 0.351. The molecule has 4 nitrogen and oxygen atoms in total. The second-order valence-corrected chi connectivity index (χ2v) is 4.01. The number of nitrogens with zero attached hydrogens (tertiary/aromatic N) is 1. The van der Waals surface area contributed by atoms with Crippen LogP contribution in [0.25, 0.3) is 0 Å². The van der Waals surface area contributed by atoms with Crippen molar-refractivity contribution >= 4 is 5.97 Å². The molecule has 0 aliphatic rings. The quantitative estimate of drug-likeness (QED) is 0.802. The van der Waals surface area contributed by atoms with E-state index in [0.717, 1.165) is 5.56 Å². The Kier molecular flexibility index (Phi) is 4.24. The van der Waals surface area contributed by atoms with E-state index in [9.17, 15) is 9.90 Å². The van der Waals surface area contributed by atoms with Gasteiger partial charge in [-0.1, -0.05) is 37.3 Å². The summed E-state index contributed by atoms with van der Waals surface area (Å²) < 4.78 is 4.65. The lowest BCUT2D eigenvalue weighted by molar-refractivity contribution is -0.164. The van der Waals surface area contributed by atoms with Gasteiger partial charge in [0.05, 0.1) is 0 Å². The van der Waals surface area contributed by atoms with Crippen LogP contribution < -0.4 is 0 Å². The Morgan fingerprint density at radius 2 is 2.12 bits per heavy atom. The van der Waals surface area contributed by atoms with Crippen molar-refractivity contribution < 1.29 is 14.6 Å². The molecule has 4 heteroatoms. The van der Waals surface area contributed by atoms with Gasteiger partial charge in [0, 0.05) is 5.92 Å². The number of hydrogen-bond donors (Lipinski definition) is 1. The van der Waals surface area contributed by atoms with E-state index in [-0.39, 0.29) is 6.61 Å². The van der Waals surface area contributed by atoms with Gasteiger partial charge in [-0.05, 0) is 12.5 Å². The van der Waals surface area contributed by atoms with Crippen LogP contribution >= 0.6 is 0 Å². The smallest absolute Gasteiger partial charge is 0.339 e. The zero-order valence-corrected chi connectivity index (χ0v) is 9.88. The summed E-state index contributed by atoms with van der Waals surface area (Å²) in [6.07, 6.45) is 0. The number of benzene rings is 1. The third kappa shape index (κ3) is 3.05. The number of hydrogen-bond acceptors (Lipinski definition) is 4. The number of rotatable bonds is 4. The average molecular weight is 233 g/mol. The Hall–Kier alpha value is -1.86. The predicted octanol–water partition coefficient (Wildman–Crippen LogP) is 1.61. The SMILES string of the molecule is C[C@@H](c1ccccc1)[C@](C)(O)C(=O)OCC#N. The van der Waals surface area contributed by atoms with E-state index in [2.05, 4.69) is 4.74 Å². The van der Waals surface area contributed by atoms with Gasteiger partial charge in [0.1, 0.15) is 6.07 Å². The Bertz CT molecular complexity index is 420. The molecular formula is C13H15NO3. The fraction of sp³-hybridized carbons (Fsp3) is 0.385. The minimum atomic E-state index is -1.64. The van der Waals surface area contributed by atoms with Crippen molar-refractivity contribution in [2.75, 3.05) is 6.61 Å². The van der Waals surface area contributed by atoms with Gasteiger partial charge in [-0.2, -0.15) is 5.26 Å². The maximum absolute atomic E-state index is 11.6. The van der Waals surface area contributed by atoms with Crippen LogP contribution in [-0.4, -0.2) is 23.3 Å². The summed E-state index contributed by atoms with van der Waals surface area (Å²) in [5.74, 6) is -1.19. The number of nitriles is 1. The van der Waals surface area contributed by atoms with Gasteiger partial charge < -0.3 is 9.84 Å². The van der Waals surface area contributed by atoms with Crippen molar-refractivity contribution in [1.29, 1.82) is 5.26 Å². The summed E-state index contributed by atoms with van der Waals surface area (Å²) in [6, 6.07) is 10.9. The molecule has 0 saturated heterocycles. The van der Waals surface area contributed by atoms with E-state index in [0.29, 0.717) is 0 Å². The van der Waals surface area contributed by atoms with Crippen molar-refractivity contribution in [2.45, 2.75) is 25.4 Å². The summed E-state index contributed by atoms with van der Waals surface area (Å²) >= 11 is 0. The summed E-state index contributed by atoms with van der Waals surface area (Å²) in [6.45, 7) is 2.78. The molecule has 0 unspecified atom stereocenters. The van der Waals surface area contributed by atoms with E-state index in [1.165, 1.54) is 6.92 Å². The third-order valence-corrected chi connectivity index (χ3v) is 2.82. The molecule has 0 heterocycles. The first-order valence-corrected chi connectivity index (χ1v) is 5.31. The van der Waals surface area contributed by atoms with Crippen LogP contribution in [0.4, 0.5) is 0 Å². The van der Waals surface area contributed by atoms with Gasteiger partial charge in [-0.15, -0.1) is 0 Å². The highest BCUT2D eigenvalue weighted by molar-refractivity contribution is 5.80. The Labute approximate surface area is 100 Å². The number of esters is 1. The lowest BCUT2D eigenvalue weighted by Gasteiger charge is -2.27. The molecule has 1 rings (SSSR count). The molecular weight excluding hydrogens is 218 g/mol. The molecule has 1 aromatic carbocycles. The van der Waals surface area contributed by atoms with Gasteiger partial charge in [0.25, 0.3) is 0 Å². The lowest BCUT2D eigenvalue weighted by atomic mass is 9.85. The van der Waals surface area contributed by atoms with Gasteiger partial charge in [-0.25, -0.2) is 4.79 Å². The fourth-order valence-corrected chi connectivity index (χ4v) is 1.49. The summed E-state index contributed by atoms with van der Waals surface area (Å²) in [5.41, 5.74) is -0.801. The van der Waals surface area contributed by atoms with Crippen LogP contribution in [0.5, 0.6) is 0 Å². The minimum Gasteiger partial charge on any atom is -0.448 e. The maximum atomic E-state index is 11.6. The first-order chi connectivity index (χ1) is 8.00. The van der Waals surface area contributed by atoms with Gasteiger partial charge in [0.2, 0.25) is 0 Å². The molecule has 0 aromatic heterocycles. The monoisotopic (exact) mass is 233 g/mol. The lowest BCUT2D eigenvalue weighted by Crippen LogP contribution is -2.41. The van der Waals surface area contributed by atoms with Crippen molar-refractivity contribution in [3.63, 3.8) is 0 Å². The first kappa shape index (κ1) is 13.2. The highest BCUT2D eigenvalue weighted by Crippen LogP contribution is 2.28. The van der Waals surface area contributed by atoms with Crippen LogP contribution in [0.1, 0.15) is 25.3 Å². The van der Waals surface area contributed by atoms with E-state index in [1.54, 1.807) is 13.0 Å². The van der Waals surface area contributed by atoms with Crippen molar-refractivity contribution in [1.82, 2.24) is 0 Å². The van der Waals surface area contributed by atoms with Crippen LogP contribution in [0, 0.1) is 11.3 Å². The van der Waals surface area contributed by atoms with Crippen LogP contribution in [0.15, 0.2) is 30.3 Å². The largest absolute Gasteiger partial charge is 0.448 e. The highest BCUT2D eigenvalue weighted by Gasteiger charge is 2.38. The van der Waals surface area contributed by atoms with E-state index in [4.69, 9.17) is 5.26 Å². The zero-order chi connectivity index (χ0) is 12.9. The summed E-state index contributed by atoms with van der Waals surface area (Å²) in [7, 11) is 0. The average Bonchev–Trinajstić information content (AvgIpc) is 2.35. The third-order valence-electron chi connectivity index (χ3n) is 2.82. The Balaban J connectivity index is 2.83. The van der Waals surface area contributed by atoms with Crippen LogP contribution in [-0.2, 0) is 9.53 Å². The van der Waals surface area contributed by atoms with Gasteiger partial charge in [-0.3, -0.25) is 0 Å². The molecule has 1 N–H and O–H groups in total. The normalized spacial score (nSPS) is 15.4. The molecule has 0 aliphatic heterocycles. The second kappa shape index (κ2) is 5.46. The highest BCUT2D eigenvalue weighted by atomic mass is 16.5. The number of aliphatic hydroxyl groups is 1. The van der Waals surface area contributed by atoms with E-state index in [1.807, 2.05) is 30.3 Å². The Morgan fingerprint density at radius 3 is 2.65 bits per heavy atom. The second-order valence-electron chi connectivity index (χ2n) is 4.01. The molecule has 0 fully saturated rings. The molecule has 0 amide bonds. The van der Waals surface area contributed by atoms with Crippen molar-refractivity contribution in [3.8, 4) is 6.07 Å². The van der Waals surface area contributed by atoms with Crippen molar-refractivity contribution in [3.05, 3.63) is 35.9 Å². The fourth-order valence-electron chi connectivity index (χ4n) is 1.49. The van der Waals surface area contributed by atoms with Crippen molar-refractivity contribution in [2.24, 2.45) is 0 Å². The predicted molar refractivity (Wildman–Crippen MR) is 62.1 cm³/mol. The van der Waals surface area contributed by atoms with E-state index < -0.39 is 17.5 Å². The molecule has 1 aromatic rings. The number of ether oxygens (including phenoxy) is 1. The molecule has 2 atom stereocenters.